The summed E-state index contributed by atoms with van der Waals surface area (Å²) in [5.74, 6) is -0.854. The molecule has 7 heteroatoms. The van der Waals surface area contributed by atoms with Crippen molar-refractivity contribution < 1.29 is 18.7 Å². The van der Waals surface area contributed by atoms with Crippen LogP contribution in [-0.4, -0.2) is 36.7 Å². The maximum atomic E-state index is 14.5. The molecule has 0 spiro atoms. The lowest BCUT2D eigenvalue weighted by Gasteiger charge is -2.51. The molecule has 35 heavy (non-hydrogen) atoms. The summed E-state index contributed by atoms with van der Waals surface area (Å²) >= 11 is 12.6. The summed E-state index contributed by atoms with van der Waals surface area (Å²) in [4.78, 5) is 14.4. The third-order valence-electron chi connectivity index (χ3n) is 6.40. The molecule has 1 saturated carbocycles. The van der Waals surface area contributed by atoms with Crippen LogP contribution in [0.4, 0.5) is 4.39 Å². The second kappa shape index (κ2) is 9.81. The lowest BCUT2D eigenvalue weighted by Crippen LogP contribution is -2.58. The number of esters is 1. The van der Waals surface area contributed by atoms with Crippen LogP contribution in [0.25, 0.3) is 0 Å². The molecule has 3 aromatic rings. The second-order valence-electron chi connectivity index (χ2n) is 9.77. The Morgan fingerprint density at radius 1 is 1.03 bits per heavy atom. The van der Waals surface area contributed by atoms with E-state index in [0.717, 1.165) is 37.1 Å². The minimum atomic E-state index is -0.629. The van der Waals surface area contributed by atoms with Gasteiger partial charge in [-0.2, -0.15) is 0 Å². The Labute approximate surface area is 214 Å². The highest BCUT2D eigenvalue weighted by Crippen LogP contribution is 2.41. The van der Waals surface area contributed by atoms with E-state index < -0.39 is 11.8 Å². The number of likely N-dealkylation sites (tertiary alicyclic amines) is 1. The summed E-state index contributed by atoms with van der Waals surface area (Å²) in [6.45, 7) is 4.14. The third-order valence-corrected chi connectivity index (χ3v) is 6.83. The number of nitrogens with zero attached hydrogens (tertiary/aromatic N) is 1. The summed E-state index contributed by atoms with van der Waals surface area (Å²) in [5.41, 5.74) is 2.02. The third kappa shape index (κ3) is 5.64. The van der Waals surface area contributed by atoms with E-state index in [4.69, 9.17) is 32.7 Å². The van der Waals surface area contributed by atoms with Gasteiger partial charge in [-0.1, -0.05) is 60.5 Å². The molecule has 1 unspecified atom stereocenters. The van der Waals surface area contributed by atoms with Crippen molar-refractivity contribution in [2.24, 2.45) is 5.41 Å². The van der Waals surface area contributed by atoms with E-state index >= 15 is 0 Å². The molecule has 0 amide bonds. The van der Waals surface area contributed by atoms with Crippen LogP contribution in [0.2, 0.25) is 10.0 Å². The van der Waals surface area contributed by atoms with Gasteiger partial charge < -0.3 is 9.47 Å². The van der Waals surface area contributed by atoms with Crippen molar-refractivity contribution >= 4 is 29.2 Å². The molecular weight excluding hydrogens is 488 g/mol. The largest absolute Gasteiger partial charge is 0.493 e. The van der Waals surface area contributed by atoms with E-state index in [2.05, 4.69) is 24.0 Å². The zero-order valence-electron chi connectivity index (χ0n) is 19.3. The number of hydrogen-bond donors (Lipinski definition) is 0. The van der Waals surface area contributed by atoms with Crippen molar-refractivity contribution in [1.29, 1.82) is 0 Å². The highest BCUT2D eigenvalue weighted by molar-refractivity contribution is 6.34. The maximum absolute atomic E-state index is 14.5. The molecule has 0 N–H and O–H groups in total. The Morgan fingerprint density at radius 2 is 1.71 bits per heavy atom. The molecule has 2 aliphatic rings. The molecule has 1 heterocycles. The van der Waals surface area contributed by atoms with Crippen LogP contribution in [0.5, 0.6) is 5.75 Å². The van der Waals surface area contributed by atoms with Crippen LogP contribution in [0.1, 0.15) is 47.3 Å². The van der Waals surface area contributed by atoms with Crippen molar-refractivity contribution in [3.05, 3.63) is 99.3 Å². The van der Waals surface area contributed by atoms with Crippen LogP contribution in [0, 0.1) is 11.2 Å². The fourth-order valence-electron chi connectivity index (χ4n) is 4.60. The number of rotatable bonds is 8. The average Bonchev–Trinajstić information content (AvgIpc) is 3.61. The van der Waals surface area contributed by atoms with Crippen molar-refractivity contribution in [1.82, 2.24) is 4.90 Å². The Hall–Kier alpha value is -2.60. The molecule has 1 aliphatic carbocycles. The van der Waals surface area contributed by atoms with E-state index in [1.165, 1.54) is 12.1 Å². The summed E-state index contributed by atoms with van der Waals surface area (Å²) in [5, 5.41) is 1.21. The van der Waals surface area contributed by atoms with Gasteiger partial charge >= 0.3 is 5.97 Å². The summed E-state index contributed by atoms with van der Waals surface area (Å²) in [7, 11) is 0. The molecule has 0 radical (unpaired) electrons. The fourth-order valence-corrected chi connectivity index (χ4v) is 5.14. The lowest BCUT2D eigenvalue weighted by atomic mass is 9.79. The summed E-state index contributed by atoms with van der Waals surface area (Å²) in [6, 6.07) is 20.2. The van der Waals surface area contributed by atoms with Crippen LogP contribution < -0.4 is 4.74 Å². The molecular formula is C28H26Cl2FNO3. The molecule has 1 aliphatic heterocycles. The highest BCUT2D eigenvalue weighted by atomic mass is 35.5. The maximum Gasteiger partial charge on any atom is 0.341 e. The molecule has 182 valence electrons. The van der Waals surface area contributed by atoms with E-state index in [-0.39, 0.29) is 23.1 Å². The number of carbonyl (C=O) groups excluding carboxylic acids is 1. The van der Waals surface area contributed by atoms with Crippen molar-refractivity contribution in [3.8, 4) is 5.75 Å². The van der Waals surface area contributed by atoms with Crippen LogP contribution in [-0.2, 0) is 4.74 Å². The number of ether oxygens (including phenoxy) is 2. The van der Waals surface area contributed by atoms with Gasteiger partial charge in [-0.05, 0) is 54.3 Å². The molecule has 0 aromatic heterocycles. The van der Waals surface area contributed by atoms with Gasteiger partial charge in [0.15, 0.2) is 0 Å². The first kappa shape index (κ1) is 24.1. The number of benzene rings is 3. The topological polar surface area (TPSA) is 38.8 Å². The van der Waals surface area contributed by atoms with Gasteiger partial charge in [-0.15, -0.1) is 0 Å². The first-order valence-electron chi connectivity index (χ1n) is 11.7. The first-order valence-corrected chi connectivity index (χ1v) is 12.4. The Morgan fingerprint density at radius 3 is 2.34 bits per heavy atom. The smallest absolute Gasteiger partial charge is 0.341 e. The van der Waals surface area contributed by atoms with Gasteiger partial charge in [0, 0.05) is 34.6 Å². The van der Waals surface area contributed by atoms with Crippen LogP contribution in [0.15, 0.2) is 66.7 Å². The fraction of sp³-hybridized carbons (Fsp3) is 0.321. The summed E-state index contributed by atoms with van der Waals surface area (Å²) in [6.07, 6.45) is 1.63. The zero-order chi connectivity index (χ0) is 24.6. The van der Waals surface area contributed by atoms with Crippen molar-refractivity contribution in [2.75, 3.05) is 19.7 Å². The minimum Gasteiger partial charge on any atom is -0.493 e. The predicted molar refractivity (Wildman–Crippen MR) is 135 cm³/mol. The second-order valence-corrected chi connectivity index (χ2v) is 10.6. The zero-order valence-corrected chi connectivity index (χ0v) is 20.9. The molecule has 5 rings (SSSR count). The van der Waals surface area contributed by atoms with Gasteiger partial charge in [-0.25, -0.2) is 9.18 Å². The van der Waals surface area contributed by atoms with Crippen molar-refractivity contribution in [2.45, 2.75) is 31.9 Å². The van der Waals surface area contributed by atoms with Crippen LogP contribution in [0.3, 0.4) is 0 Å². The molecule has 1 saturated heterocycles. The summed E-state index contributed by atoms with van der Waals surface area (Å²) < 4.78 is 25.6. The average molecular weight is 514 g/mol. The molecule has 4 nitrogen and oxygen atoms in total. The van der Waals surface area contributed by atoms with E-state index in [1.807, 2.05) is 30.3 Å². The van der Waals surface area contributed by atoms with Gasteiger partial charge in [0.1, 0.15) is 17.7 Å². The predicted octanol–water partition coefficient (Wildman–Crippen LogP) is 6.94. The van der Waals surface area contributed by atoms with E-state index in [1.54, 1.807) is 12.1 Å². The van der Waals surface area contributed by atoms with Crippen molar-refractivity contribution in [3.63, 3.8) is 0 Å². The Balaban J connectivity index is 1.25. The normalized spacial score (nSPS) is 17.9. The molecule has 2 fully saturated rings. The SMILES string of the molecule is CC1(COc2ccc(C(=O)OC3CC3)c(F)c2)CN(C(c2ccccc2)c2cc(Cl)cc(Cl)c2)C1. The Bertz CT molecular complexity index is 1210. The molecule has 1 atom stereocenters. The Kier molecular flexibility index (Phi) is 6.75. The quantitative estimate of drug-likeness (QED) is 0.305. The van der Waals surface area contributed by atoms with Crippen LogP contribution >= 0.6 is 23.2 Å². The highest BCUT2D eigenvalue weighted by Gasteiger charge is 2.43. The monoisotopic (exact) mass is 513 g/mol. The van der Waals surface area contributed by atoms with E-state index in [0.29, 0.717) is 22.4 Å². The van der Waals surface area contributed by atoms with Gasteiger partial charge in [-0.3, -0.25) is 4.90 Å². The number of carbonyl (C=O) groups is 1. The van der Waals surface area contributed by atoms with Gasteiger partial charge in [0.2, 0.25) is 0 Å². The lowest BCUT2D eigenvalue weighted by molar-refractivity contribution is -0.0377. The first-order chi connectivity index (χ1) is 16.8. The van der Waals surface area contributed by atoms with Gasteiger partial charge in [0.05, 0.1) is 18.2 Å². The molecule has 0 bridgehead atoms. The molecule has 3 aromatic carbocycles. The number of hydrogen-bond acceptors (Lipinski definition) is 4. The standard InChI is InChI=1S/C28H26Cl2FNO3/c1-28(17-34-23-9-10-24(25(31)14-23)27(33)35-22-7-8-22)15-32(16-28)26(18-5-3-2-4-6-18)19-11-20(29)13-21(30)12-19/h2-6,9-14,22,26H,7-8,15-17H2,1H3. The van der Waals surface area contributed by atoms with E-state index in [9.17, 15) is 9.18 Å². The number of halogens is 3. The minimum absolute atomic E-state index is 0.00897. The van der Waals surface area contributed by atoms with Gasteiger partial charge in [0.25, 0.3) is 0 Å².